The Morgan fingerprint density at radius 2 is 2.04 bits per heavy atom. The van der Waals surface area contributed by atoms with Crippen LogP contribution in [0.3, 0.4) is 0 Å². The van der Waals surface area contributed by atoms with E-state index < -0.39 is 11.4 Å². The van der Waals surface area contributed by atoms with E-state index in [0.717, 1.165) is 22.1 Å². The molecule has 1 unspecified atom stereocenters. The van der Waals surface area contributed by atoms with Crippen molar-refractivity contribution >= 4 is 22.6 Å². The van der Waals surface area contributed by atoms with Crippen LogP contribution >= 0.6 is 0 Å². The van der Waals surface area contributed by atoms with E-state index in [1.54, 1.807) is 12.0 Å². The van der Waals surface area contributed by atoms with Gasteiger partial charge in [0.2, 0.25) is 5.91 Å². The van der Waals surface area contributed by atoms with E-state index >= 15 is 0 Å². The van der Waals surface area contributed by atoms with Crippen LogP contribution in [0.1, 0.15) is 12.0 Å². The first-order valence-corrected chi connectivity index (χ1v) is 8.55. The summed E-state index contributed by atoms with van der Waals surface area (Å²) in [4.78, 5) is 26.1. The molecule has 0 radical (unpaired) electrons. The average molecular weight is 357 g/mol. The fourth-order valence-corrected chi connectivity index (χ4v) is 3.59. The largest absolute Gasteiger partial charge is 0.497 e. The van der Waals surface area contributed by atoms with Gasteiger partial charge in [0.15, 0.2) is 0 Å². The SMILES string of the molecule is COCC1(C(=O)O)CCN(C(=O)Cc2cccc3ccc(OC)cc23)C1. The van der Waals surface area contributed by atoms with Crippen LogP contribution in [-0.4, -0.2) is 55.8 Å². The Morgan fingerprint density at radius 3 is 2.73 bits per heavy atom. The summed E-state index contributed by atoms with van der Waals surface area (Å²) in [6.45, 7) is 0.725. The van der Waals surface area contributed by atoms with E-state index in [2.05, 4.69) is 0 Å². The minimum absolute atomic E-state index is 0.0699. The van der Waals surface area contributed by atoms with Crippen molar-refractivity contribution in [2.45, 2.75) is 12.8 Å². The molecule has 6 heteroatoms. The van der Waals surface area contributed by atoms with Gasteiger partial charge < -0.3 is 19.5 Å². The molecule has 2 aromatic rings. The lowest BCUT2D eigenvalue weighted by Gasteiger charge is -2.24. The quantitative estimate of drug-likeness (QED) is 0.859. The van der Waals surface area contributed by atoms with E-state index in [1.165, 1.54) is 7.11 Å². The molecule has 1 aliphatic rings. The predicted octanol–water partition coefficient (Wildman–Crippen LogP) is 2.34. The predicted molar refractivity (Wildman–Crippen MR) is 97.3 cm³/mol. The van der Waals surface area contributed by atoms with Crippen LogP contribution in [0.5, 0.6) is 5.75 Å². The third kappa shape index (κ3) is 3.37. The Morgan fingerprint density at radius 1 is 1.23 bits per heavy atom. The summed E-state index contributed by atoms with van der Waals surface area (Å²) in [5.74, 6) is -0.243. The highest BCUT2D eigenvalue weighted by atomic mass is 16.5. The Balaban J connectivity index is 1.81. The second kappa shape index (κ2) is 7.33. The molecule has 2 aromatic carbocycles. The minimum Gasteiger partial charge on any atom is -0.497 e. The molecule has 26 heavy (non-hydrogen) atoms. The van der Waals surface area contributed by atoms with Crippen LogP contribution in [0.4, 0.5) is 0 Å². The van der Waals surface area contributed by atoms with Crippen molar-refractivity contribution < 1.29 is 24.2 Å². The lowest BCUT2D eigenvalue weighted by atomic mass is 9.88. The van der Waals surface area contributed by atoms with Crippen LogP contribution in [0, 0.1) is 5.41 Å². The minimum atomic E-state index is -1.01. The number of hydrogen-bond acceptors (Lipinski definition) is 4. The number of carboxylic acid groups (broad SMARTS) is 1. The molecule has 1 atom stereocenters. The number of methoxy groups -OCH3 is 2. The van der Waals surface area contributed by atoms with Gasteiger partial charge in [-0.2, -0.15) is 0 Å². The molecule has 0 spiro atoms. The summed E-state index contributed by atoms with van der Waals surface area (Å²) in [6.07, 6.45) is 0.637. The maximum absolute atomic E-state index is 12.8. The molecule has 1 saturated heterocycles. The first-order chi connectivity index (χ1) is 12.5. The van der Waals surface area contributed by atoms with E-state index in [1.807, 2.05) is 36.4 Å². The van der Waals surface area contributed by atoms with Crippen molar-refractivity contribution in [3.8, 4) is 5.75 Å². The number of aliphatic carboxylic acids is 1. The second-order valence-corrected chi connectivity index (χ2v) is 6.76. The van der Waals surface area contributed by atoms with Crippen LogP contribution in [0.25, 0.3) is 10.8 Å². The summed E-state index contributed by atoms with van der Waals surface area (Å²) < 4.78 is 10.4. The Hall–Kier alpha value is -2.60. The maximum atomic E-state index is 12.8. The van der Waals surface area contributed by atoms with E-state index in [0.29, 0.717) is 13.0 Å². The summed E-state index contributed by atoms with van der Waals surface area (Å²) in [5, 5.41) is 11.6. The number of benzene rings is 2. The third-order valence-corrected chi connectivity index (χ3v) is 5.10. The number of nitrogens with zero attached hydrogens (tertiary/aromatic N) is 1. The maximum Gasteiger partial charge on any atom is 0.313 e. The van der Waals surface area contributed by atoms with Gasteiger partial charge >= 0.3 is 5.97 Å². The molecule has 0 aromatic heterocycles. The fourth-order valence-electron chi connectivity index (χ4n) is 3.59. The lowest BCUT2D eigenvalue weighted by Crippen LogP contribution is -2.40. The molecule has 1 amide bonds. The van der Waals surface area contributed by atoms with Crippen LogP contribution in [-0.2, 0) is 20.7 Å². The van der Waals surface area contributed by atoms with Crippen LogP contribution < -0.4 is 4.74 Å². The number of likely N-dealkylation sites (tertiary alicyclic amines) is 1. The highest BCUT2D eigenvalue weighted by Crippen LogP contribution is 2.32. The standard InChI is InChI=1S/C20H23NO5/c1-25-13-20(19(23)24)8-9-21(12-20)18(22)10-15-5-3-4-14-6-7-16(26-2)11-17(14)15/h3-7,11H,8-10,12-13H2,1-2H3,(H,23,24). The van der Waals surface area contributed by atoms with E-state index in [4.69, 9.17) is 9.47 Å². The average Bonchev–Trinajstić information content (AvgIpc) is 3.08. The number of hydrogen-bond donors (Lipinski definition) is 1. The van der Waals surface area contributed by atoms with E-state index in [-0.39, 0.29) is 25.5 Å². The zero-order valence-corrected chi connectivity index (χ0v) is 15.0. The number of fused-ring (bicyclic) bond motifs is 1. The molecular weight excluding hydrogens is 334 g/mol. The second-order valence-electron chi connectivity index (χ2n) is 6.76. The van der Waals surface area contributed by atoms with Gasteiger partial charge in [-0.05, 0) is 34.9 Å². The monoisotopic (exact) mass is 357 g/mol. The van der Waals surface area contributed by atoms with Gasteiger partial charge in [0.25, 0.3) is 0 Å². The van der Waals surface area contributed by atoms with Crippen molar-refractivity contribution in [2.24, 2.45) is 5.41 Å². The third-order valence-electron chi connectivity index (χ3n) is 5.10. The smallest absolute Gasteiger partial charge is 0.313 e. The van der Waals surface area contributed by atoms with Crippen molar-refractivity contribution in [2.75, 3.05) is 33.9 Å². The normalized spacial score (nSPS) is 19.7. The van der Waals surface area contributed by atoms with Crippen molar-refractivity contribution in [1.82, 2.24) is 4.90 Å². The van der Waals surface area contributed by atoms with Gasteiger partial charge in [-0.1, -0.05) is 24.3 Å². The fraction of sp³-hybridized carbons (Fsp3) is 0.400. The zero-order valence-electron chi connectivity index (χ0n) is 15.0. The van der Waals surface area contributed by atoms with Gasteiger partial charge in [0.05, 0.1) is 20.1 Å². The number of carbonyl (C=O) groups is 2. The Bertz CT molecular complexity index is 834. The molecular formula is C20H23NO5. The number of carboxylic acids is 1. The van der Waals surface area contributed by atoms with Crippen LogP contribution in [0.2, 0.25) is 0 Å². The molecule has 0 bridgehead atoms. The first-order valence-electron chi connectivity index (χ1n) is 8.55. The number of amides is 1. The van der Waals surface area contributed by atoms with Gasteiger partial charge in [0, 0.05) is 20.2 Å². The van der Waals surface area contributed by atoms with Gasteiger partial charge in [-0.25, -0.2) is 0 Å². The lowest BCUT2D eigenvalue weighted by molar-refractivity contribution is -0.151. The zero-order chi connectivity index (χ0) is 18.7. The Kier molecular flexibility index (Phi) is 5.13. The molecule has 1 aliphatic heterocycles. The van der Waals surface area contributed by atoms with Gasteiger partial charge in [-0.15, -0.1) is 0 Å². The number of ether oxygens (including phenoxy) is 2. The molecule has 1 fully saturated rings. The molecule has 0 aliphatic carbocycles. The number of carbonyl (C=O) groups excluding carboxylic acids is 1. The number of rotatable bonds is 6. The topological polar surface area (TPSA) is 76.1 Å². The molecule has 138 valence electrons. The molecule has 3 rings (SSSR count). The van der Waals surface area contributed by atoms with Crippen LogP contribution in [0.15, 0.2) is 36.4 Å². The van der Waals surface area contributed by atoms with Crippen molar-refractivity contribution in [3.05, 3.63) is 42.0 Å². The summed E-state index contributed by atoms with van der Waals surface area (Å²) in [5.41, 5.74) is -0.0993. The molecule has 0 saturated carbocycles. The summed E-state index contributed by atoms with van der Waals surface area (Å²) in [6, 6.07) is 11.6. The highest BCUT2D eigenvalue weighted by molar-refractivity contribution is 5.91. The van der Waals surface area contributed by atoms with Crippen molar-refractivity contribution in [1.29, 1.82) is 0 Å². The molecule has 1 N–H and O–H groups in total. The molecule has 6 nitrogen and oxygen atoms in total. The molecule has 1 heterocycles. The van der Waals surface area contributed by atoms with E-state index in [9.17, 15) is 14.7 Å². The first kappa shape index (κ1) is 18.2. The Labute approximate surface area is 152 Å². The summed E-state index contributed by atoms with van der Waals surface area (Å²) in [7, 11) is 3.10. The highest BCUT2D eigenvalue weighted by Gasteiger charge is 2.46. The van der Waals surface area contributed by atoms with Crippen molar-refractivity contribution in [3.63, 3.8) is 0 Å². The summed E-state index contributed by atoms with van der Waals surface area (Å²) >= 11 is 0. The van der Waals surface area contributed by atoms with Gasteiger partial charge in [0.1, 0.15) is 11.2 Å². The van der Waals surface area contributed by atoms with Gasteiger partial charge in [-0.3, -0.25) is 9.59 Å².